The van der Waals surface area contributed by atoms with Crippen molar-refractivity contribution < 1.29 is 9.53 Å². The molecule has 0 aliphatic carbocycles. The monoisotopic (exact) mass is 430 g/mol. The first-order valence-electron chi connectivity index (χ1n) is 10.5. The van der Waals surface area contributed by atoms with E-state index >= 15 is 0 Å². The summed E-state index contributed by atoms with van der Waals surface area (Å²) < 4.78 is 5.13. The Kier molecular flexibility index (Phi) is 6.23. The highest BCUT2D eigenvalue weighted by atomic mass is 16.5. The molecule has 0 fully saturated rings. The molecule has 8 heteroatoms. The van der Waals surface area contributed by atoms with Gasteiger partial charge >= 0.3 is 0 Å². The molecule has 0 saturated heterocycles. The fourth-order valence-electron chi connectivity index (χ4n) is 3.68. The number of likely N-dealkylation sites (N-methyl/N-ethyl adjacent to an activating group) is 1. The van der Waals surface area contributed by atoms with E-state index in [0.29, 0.717) is 30.2 Å². The molecule has 0 aliphatic rings. The molecule has 0 aliphatic heterocycles. The van der Waals surface area contributed by atoms with Gasteiger partial charge in [0.25, 0.3) is 5.91 Å². The van der Waals surface area contributed by atoms with Crippen molar-refractivity contribution in [1.29, 1.82) is 0 Å². The molecular formula is C24H26N6O2. The summed E-state index contributed by atoms with van der Waals surface area (Å²) in [6.07, 6.45) is 3.22. The van der Waals surface area contributed by atoms with Crippen LogP contribution in [0.4, 0.5) is 5.82 Å². The van der Waals surface area contributed by atoms with Crippen LogP contribution in [0.25, 0.3) is 21.8 Å². The number of rotatable bonds is 7. The molecule has 164 valence electrons. The van der Waals surface area contributed by atoms with Crippen LogP contribution in [0.5, 0.6) is 0 Å². The number of nitrogens with zero attached hydrogens (tertiary/aromatic N) is 5. The number of benzene rings is 1. The lowest BCUT2D eigenvalue weighted by Gasteiger charge is -2.21. The Morgan fingerprint density at radius 1 is 1.19 bits per heavy atom. The third-order valence-corrected chi connectivity index (χ3v) is 5.46. The quantitative estimate of drug-likeness (QED) is 0.477. The molecular weight excluding hydrogens is 404 g/mol. The Bertz CT molecular complexity index is 1270. The standard InChI is InChI=1S/C24H26N6O2/c1-15-7-5-8-17-13-19(29-22(20(15)17)24(31)30(3)11-12-32-4)16(2)28-23-21-18(26-14-27-23)9-6-10-25-21/h5-10,13-14,16H,11-12H2,1-4H3,(H,26,27,28)/t16-/m0/s1. The van der Waals surface area contributed by atoms with Gasteiger partial charge in [-0.15, -0.1) is 0 Å². The molecule has 4 rings (SSSR count). The van der Waals surface area contributed by atoms with E-state index in [0.717, 1.165) is 27.5 Å². The summed E-state index contributed by atoms with van der Waals surface area (Å²) in [5.41, 5.74) is 3.64. The van der Waals surface area contributed by atoms with Gasteiger partial charge in [0.2, 0.25) is 0 Å². The van der Waals surface area contributed by atoms with Crippen LogP contribution < -0.4 is 5.32 Å². The molecule has 4 aromatic rings. The largest absolute Gasteiger partial charge is 0.383 e. The highest BCUT2D eigenvalue weighted by Gasteiger charge is 2.21. The van der Waals surface area contributed by atoms with Crippen LogP contribution >= 0.6 is 0 Å². The molecule has 0 radical (unpaired) electrons. The Labute approximate surface area is 186 Å². The average Bonchev–Trinajstić information content (AvgIpc) is 2.81. The maximum Gasteiger partial charge on any atom is 0.272 e. The van der Waals surface area contributed by atoms with E-state index in [1.54, 1.807) is 25.3 Å². The number of carbonyl (C=O) groups excluding carboxylic acids is 1. The zero-order valence-electron chi connectivity index (χ0n) is 18.7. The zero-order chi connectivity index (χ0) is 22.7. The van der Waals surface area contributed by atoms with Crippen molar-refractivity contribution in [1.82, 2.24) is 24.8 Å². The Balaban J connectivity index is 1.75. The van der Waals surface area contributed by atoms with Crippen molar-refractivity contribution in [3.63, 3.8) is 0 Å². The topological polar surface area (TPSA) is 93.1 Å². The molecule has 1 atom stereocenters. The molecule has 0 bridgehead atoms. The summed E-state index contributed by atoms with van der Waals surface area (Å²) in [7, 11) is 3.38. The van der Waals surface area contributed by atoms with E-state index in [1.807, 2.05) is 50.2 Å². The molecule has 1 aromatic carbocycles. The number of nitrogens with one attached hydrogen (secondary N) is 1. The molecule has 0 spiro atoms. The van der Waals surface area contributed by atoms with E-state index in [-0.39, 0.29) is 11.9 Å². The third kappa shape index (κ3) is 4.22. The van der Waals surface area contributed by atoms with E-state index in [9.17, 15) is 4.79 Å². The van der Waals surface area contributed by atoms with Crippen molar-refractivity contribution in [3.8, 4) is 0 Å². The summed E-state index contributed by atoms with van der Waals surface area (Å²) in [4.78, 5) is 32.8. The van der Waals surface area contributed by atoms with E-state index in [4.69, 9.17) is 9.72 Å². The van der Waals surface area contributed by atoms with Crippen LogP contribution in [0.15, 0.2) is 48.9 Å². The highest BCUT2D eigenvalue weighted by molar-refractivity contribution is 6.06. The molecule has 1 N–H and O–H groups in total. The van der Waals surface area contributed by atoms with Gasteiger partial charge in [-0.05, 0) is 43.0 Å². The van der Waals surface area contributed by atoms with Crippen molar-refractivity contribution in [3.05, 3.63) is 65.9 Å². The second-order valence-electron chi connectivity index (χ2n) is 7.75. The van der Waals surface area contributed by atoms with Gasteiger partial charge in [0.1, 0.15) is 17.5 Å². The predicted molar refractivity (Wildman–Crippen MR) is 125 cm³/mol. The first-order chi connectivity index (χ1) is 15.5. The summed E-state index contributed by atoms with van der Waals surface area (Å²) in [6, 6.07) is 11.5. The van der Waals surface area contributed by atoms with Crippen molar-refractivity contribution in [2.24, 2.45) is 0 Å². The van der Waals surface area contributed by atoms with Gasteiger partial charge in [0.15, 0.2) is 5.82 Å². The first-order valence-corrected chi connectivity index (χ1v) is 10.5. The number of amides is 1. The van der Waals surface area contributed by atoms with Gasteiger partial charge in [-0.1, -0.05) is 18.2 Å². The van der Waals surface area contributed by atoms with Gasteiger partial charge in [0, 0.05) is 32.3 Å². The number of methoxy groups -OCH3 is 1. The Morgan fingerprint density at radius 2 is 2.03 bits per heavy atom. The Morgan fingerprint density at radius 3 is 2.84 bits per heavy atom. The number of carbonyl (C=O) groups is 1. The molecule has 0 unspecified atom stereocenters. The summed E-state index contributed by atoms with van der Waals surface area (Å²) in [5.74, 6) is 0.490. The Hall–Kier alpha value is -3.65. The number of pyridine rings is 2. The van der Waals surface area contributed by atoms with Crippen molar-refractivity contribution in [2.45, 2.75) is 19.9 Å². The second kappa shape index (κ2) is 9.23. The summed E-state index contributed by atoms with van der Waals surface area (Å²) in [6.45, 7) is 4.94. The normalized spacial score (nSPS) is 12.1. The molecule has 0 saturated carbocycles. The average molecular weight is 431 g/mol. The lowest BCUT2D eigenvalue weighted by molar-refractivity contribution is 0.0740. The molecule has 32 heavy (non-hydrogen) atoms. The van der Waals surface area contributed by atoms with Gasteiger partial charge in [-0.2, -0.15) is 0 Å². The predicted octanol–water partition coefficient (Wildman–Crippen LogP) is 3.77. The highest BCUT2D eigenvalue weighted by Crippen LogP contribution is 2.28. The lowest BCUT2D eigenvalue weighted by atomic mass is 10.0. The van der Waals surface area contributed by atoms with Crippen LogP contribution in [0, 0.1) is 6.92 Å². The third-order valence-electron chi connectivity index (χ3n) is 5.46. The minimum Gasteiger partial charge on any atom is -0.383 e. The summed E-state index contributed by atoms with van der Waals surface area (Å²) >= 11 is 0. The van der Waals surface area contributed by atoms with Crippen molar-refractivity contribution >= 4 is 33.5 Å². The molecule has 3 heterocycles. The van der Waals surface area contributed by atoms with Crippen LogP contribution in [0.2, 0.25) is 0 Å². The number of hydrogen-bond acceptors (Lipinski definition) is 7. The van der Waals surface area contributed by atoms with Crippen LogP contribution in [0.3, 0.4) is 0 Å². The van der Waals surface area contributed by atoms with Crippen molar-refractivity contribution in [2.75, 3.05) is 32.6 Å². The zero-order valence-corrected chi connectivity index (χ0v) is 18.7. The minimum atomic E-state index is -0.212. The smallest absolute Gasteiger partial charge is 0.272 e. The van der Waals surface area contributed by atoms with E-state index in [2.05, 4.69) is 20.3 Å². The first kappa shape index (κ1) is 21.6. The molecule has 8 nitrogen and oxygen atoms in total. The lowest BCUT2D eigenvalue weighted by Crippen LogP contribution is -2.31. The molecule has 3 aromatic heterocycles. The van der Waals surface area contributed by atoms with Gasteiger partial charge in [0.05, 0.1) is 23.9 Å². The minimum absolute atomic E-state index is 0.135. The van der Waals surface area contributed by atoms with Gasteiger partial charge in [-0.25, -0.2) is 15.0 Å². The number of hydrogen-bond donors (Lipinski definition) is 1. The van der Waals surface area contributed by atoms with E-state index in [1.165, 1.54) is 6.33 Å². The number of aryl methyl sites for hydroxylation is 1. The van der Waals surface area contributed by atoms with Crippen LogP contribution in [-0.4, -0.2) is 58.1 Å². The van der Waals surface area contributed by atoms with Crippen LogP contribution in [-0.2, 0) is 4.74 Å². The summed E-state index contributed by atoms with van der Waals surface area (Å²) in [5, 5.41) is 5.23. The van der Waals surface area contributed by atoms with Crippen LogP contribution in [0.1, 0.15) is 34.7 Å². The number of anilines is 1. The van der Waals surface area contributed by atoms with E-state index < -0.39 is 0 Å². The molecule has 1 amide bonds. The van der Waals surface area contributed by atoms with Gasteiger partial charge < -0.3 is 15.0 Å². The second-order valence-corrected chi connectivity index (χ2v) is 7.75. The number of ether oxygens (including phenoxy) is 1. The number of aromatic nitrogens is 4. The van der Waals surface area contributed by atoms with Gasteiger partial charge in [-0.3, -0.25) is 9.78 Å². The SMILES string of the molecule is COCCN(C)C(=O)c1nc([C@H](C)Nc2ncnc3cccnc23)cc2cccc(C)c12. The number of fused-ring (bicyclic) bond motifs is 2. The fourth-order valence-corrected chi connectivity index (χ4v) is 3.68. The fraction of sp³-hybridized carbons (Fsp3) is 0.292. The maximum absolute atomic E-state index is 13.3. The maximum atomic E-state index is 13.3.